The molecule has 0 spiro atoms. The van der Waals surface area contributed by atoms with Crippen LogP contribution in [0.15, 0.2) is 77.4 Å². The lowest BCUT2D eigenvalue weighted by Crippen LogP contribution is -2.49. The average Bonchev–Trinajstić information content (AvgIpc) is 3.39. The highest BCUT2D eigenvalue weighted by Crippen LogP contribution is 2.41. The van der Waals surface area contributed by atoms with Crippen molar-refractivity contribution in [3.05, 3.63) is 101 Å². The molecule has 1 atom stereocenters. The predicted molar refractivity (Wildman–Crippen MR) is 142 cm³/mol. The number of aryl methyl sites for hydroxylation is 1. The maximum atomic E-state index is 13.8. The van der Waals surface area contributed by atoms with Gasteiger partial charge in [0.15, 0.2) is 5.82 Å². The minimum absolute atomic E-state index is 0.0208. The third kappa shape index (κ3) is 5.14. The van der Waals surface area contributed by atoms with Gasteiger partial charge in [-0.2, -0.15) is 4.98 Å². The number of amides is 1. The van der Waals surface area contributed by atoms with Crippen molar-refractivity contribution in [1.82, 2.24) is 20.4 Å². The summed E-state index contributed by atoms with van der Waals surface area (Å²) in [5.74, 6) is 0.438. The molecule has 0 bridgehead atoms. The summed E-state index contributed by atoms with van der Waals surface area (Å²) in [5, 5.41) is 6.92. The van der Waals surface area contributed by atoms with Crippen LogP contribution in [0.25, 0.3) is 11.6 Å². The van der Waals surface area contributed by atoms with Gasteiger partial charge < -0.3 is 14.6 Å². The molecule has 5 rings (SSSR count). The van der Waals surface area contributed by atoms with Gasteiger partial charge in [0.1, 0.15) is 17.2 Å². The molecule has 0 radical (unpaired) electrons. The Morgan fingerprint density at radius 2 is 1.74 bits per heavy atom. The molecule has 1 amide bonds. The SMILES string of the molecule is Cc1noc(-c2ccc(C(=O)B3CCC(C(=O)N[C@@H](C)c4ccc(F)cc4)(c4ccccc4)CC3)cn2)n1. The molecule has 38 heavy (non-hydrogen) atoms. The minimum atomic E-state index is -0.746. The first kappa shape index (κ1) is 25.5. The number of carbonyl (C=O) groups is 2. The molecule has 1 N–H and O–H groups in total. The van der Waals surface area contributed by atoms with Crippen LogP contribution in [-0.2, 0) is 10.2 Å². The number of hydrogen-bond acceptors (Lipinski definition) is 6. The van der Waals surface area contributed by atoms with Crippen molar-refractivity contribution in [2.45, 2.75) is 50.8 Å². The number of benzene rings is 2. The van der Waals surface area contributed by atoms with Crippen LogP contribution in [0.3, 0.4) is 0 Å². The number of carbonyl (C=O) groups excluding carboxylic acids is 2. The van der Waals surface area contributed by atoms with E-state index in [1.165, 1.54) is 12.1 Å². The number of rotatable bonds is 7. The van der Waals surface area contributed by atoms with Gasteiger partial charge >= 0.3 is 0 Å². The van der Waals surface area contributed by atoms with E-state index in [4.69, 9.17) is 4.52 Å². The molecule has 0 saturated carbocycles. The molecule has 0 aliphatic carbocycles. The Kier molecular flexibility index (Phi) is 7.18. The summed E-state index contributed by atoms with van der Waals surface area (Å²) in [6.07, 6.45) is 3.80. The predicted octanol–water partition coefficient (Wildman–Crippen LogP) is 5.41. The van der Waals surface area contributed by atoms with E-state index in [1.54, 1.807) is 37.4 Å². The molecular formula is C29H28BFN4O3. The Labute approximate surface area is 221 Å². The summed E-state index contributed by atoms with van der Waals surface area (Å²) >= 11 is 0. The molecule has 3 heterocycles. The van der Waals surface area contributed by atoms with E-state index >= 15 is 0 Å². The summed E-state index contributed by atoms with van der Waals surface area (Å²) in [4.78, 5) is 35.6. The summed E-state index contributed by atoms with van der Waals surface area (Å²) < 4.78 is 18.5. The summed E-state index contributed by atoms with van der Waals surface area (Å²) in [6, 6.07) is 19.1. The zero-order valence-corrected chi connectivity index (χ0v) is 21.4. The quantitative estimate of drug-likeness (QED) is 0.334. The van der Waals surface area contributed by atoms with Gasteiger partial charge in [-0.3, -0.25) is 9.78 Å². The first-order valence-electron chi connectivity index (χ1n) is 12.8. The van der Waals surface area contributed by atoms with Crippen LogP contribution < -0.4 is 5.32 Å². The number of pyridine rings is 1. The van der Waals surface area contributed by atoms with Gasteiger partial charge in [0.25, 0.3) is 5.89 Å². The fraction of sp³-hybridized carbons (Fsp3) is 0.276. The lowest BCUT2D eigenvalue weighted by atomic mass is 9.35. The minimum Gasteiger partial charge on any atom is -0.349 e. The number of aromatic nitrogens is 3. The Hall–Kier alpha value is -4.14. The van der Waals surface area contributed by atoms with Crippen LogP contribution in [-0.4, -0.2) is 33.4 Å². The second kappa shape index (κ2) is 10.7. The fourth-order valence-corrected chi connectivity index (χ4v) is 5.25. The topological polar surface area (TPSA) is 98.0 Å². The summed E-state index contributed by atoms with van der Waals surface area (Å²) in [7, 11) is 0. The van der Waals surface area contributed by atoms with Gasteiger partial charge in [-0.25, -0.2) is 4.39 Å². The van der Waals surface area contributed by atoms with Crippen LogP contribution in [0, 0.1) is 12.7 Å². The molecule has 7 nitrogen and oxygen atoms in total. The van der Waals surface area contributed by atoms with E-state index in [0.29, 0.717) is 48.5 Å². The normalized spacial score (nSPS) is 15.6. The first-order chi connectivity index (χ1) is 18.4. The maximum Gasteiger partial charge on any atom is 0.276 e. The van der Waals surface area contributed by atoms with Gasteiger partial charge in [-0.05, 0) is 62.1 Å². The van der Waals surface area contributed by atoms with E-state index in [2.05, 4.69) is 20.4 Å². The highest BCUT2D eigenvalue weighted by Gasteiger charge is 2.46. The van der Waals surface area contributed by atoms with Crippen molar-refractivity contribution in [3.63, 3.8) is 0 Å². The average molecular weight is 510 g/mol. The van der Waals surface area contributed by atoms with Crippen LogP contribution in [0.2, 0.25) is 12.6 Å². The molecule has 1 saturated heterocycles. The van der Waals surface area contributed by atoms with E-state index in [1.807, 2.05) is 37.3 Å². The zero-order chi connectivity index (χ0) is 26.7. The van der Waals surface area contributed by atoms with Crippen molar-refractivity contribution in [2.75, 3.05) is 0 Å². The number of halogens is 1. The summed E-state index contributed by atoms with van der Waals surface area (Å²) in [6.45, 7) is 3.42. The lowest BCUT2D eigenvalue weighted by Gasteiger charge is -2.39. The van der Waals surface area contributed by atoms with Crippen LogP contribution in [0.4, 0.5) is 4.39 Å². The van der Waals surface area contributed by atoms with Crippen LogP contribution >= 0.6 is 0 Å². The lowest BCUT2D eigenvalue weighted by molar-refractivity contribution is -0.128. The Bertz CT molecular complexity index is 1420. The van der Waals surface area contributed by atoms with Crippen LogP contribution in [0.5, 0.6) is 0 Å². The van der Waals surface area contributed by atoms with E-state index in [-0.39, 0.29) is 30.2 Å². The van der Waals surface area contributed by atoms with Crippen molar-refractivity contribution < 1.29 is 18.5 Å². The third-order valence-electron chi connectivity index (χ3n) is 7.48. The third-order valence-corrected chi connectivity index (χ3v) is 7.48. The zero-order valence-electron chi connectivity index (χ0n) is 21.4. The van der Waals surface area contributed by atoms with Crippen molar-refractivity contribution in [3.8, 4) is 11.6 Å². The van der Waals surface area contributed by atoms with Crippen molar-refractivity contribution >= 4 is 18.3 Å². The maximum absolute atomic E-state index is 13.8. The van der Waals surface area contributed by atoms with Gasteiger partial charge in [0, 0.05) is 11.8 Å². The van der Waals surface area contributed by atoms with E-state index in [0.717, 1.165) is 11.1 Å². The molecule has 1 aliphatic rings. The molecule has 192 valence electrons. The van der Waals surface area contributed by atoms with E-state index < -0.39 is 5.41 Å². The van der Waals surface area contributed by atoms with Crippen molar-refractivity contribution in [2.24, 2.45) is 0 Å². The number of nitrogens with zero attached hydrogens (tertiary/aromatic N) is 3. The van der Waals surface area contributed by atoms with E-state index in [9.17, 15) is 14.0 Å². The first-order valence-corrected chi connectivity index (χ1v) is 12.8. The molecule has 9 heteroatoms. The molecule has 4 aromatic rings. The molecule has 1 fully saturated rings. The van der Waals surface area contributed by atoms with Gasteiger partial charge in [-0.1, -0.05) is 60.3 Å². The number of nitrogens with one attached hydrogen (secondary N) is 1. The Morgan fingerprint density at radius 3 is 2.34 bits per heavy atom. The second-order valence-corrected chi connectivity index (χ2v) is 9.91. The Balaban J connectivity index is 1.31. The monoisotopic (exact) mass is 510 g/mol. The summed E-state index contributed by atoms with van der Waals surface area (Å²) in [5.41, 5.74) is 2.09. The highest BCUT2D eigenvalue weighted by molar-refractivity contribution is 6.92. The van der Waals surface area contributed by atoms with Crippen molar-refractivity contribution in [1.29, 1.82) is 0 Å². The molecule has 1 aliphatic heterocycles. The second-order valence-electron chi connectivity index (χ2n) is 9.91. The smallest absolute Gasteiger partial charge is 0.276 e. The molecule has 2 aromatic heterocycles. The van der Waals surface area contributed by atoms with Gasteiger partial charge in [-0.15, -0.1) is 0 Å². The number of hydrogen-bond donors (Lipinski definition) is 1. The van der Waals surface area contributed by atoms with Gasteiger partial charge in [0.05, 0.1) is 11.5 Å². The molecular weight excluding hydrogens is 482 g/mol. The highest BCUT2D eigenvalue weighted by atomic mass is 19.1. The molecule has 0 unspecified atom stereocenters. The van der Waals surface area contributed by atoms with Crippen LogP contribution in [0.1, 0.15) is 53.1 Å². The van der Waals surface area contributed by atoms with Gasteiger partial charge in [0.2, 0.25) is 12.6 Å². The molecule has 2 aromatic carbocycles. The Morgan fingerprint density at radius 1 is 1.03 bits per heavy atom. The largest absolute Gasteiger partial charge is 0.349 e. The standard InChI is InChI=1S/C29H28BFN4O3/c1-19(21-8-11-24(31)12-9-21)33-28(37)29(23-6-4-3-5-7-23)14-16-30(17-15-29)26(36)22-10-13-25(32-18-22)27-34-20(2)35-38-27/h3-13,18-19H,14-17H2,1-2H3,(H,33,37)/t19-/m0/s1. The fourth-order valence-electron chi connectivity index (χ4n) is 5.25.